The van der Waals surface area contributed by atoms with Crippen LogP contribution in [0.3, 0.4) is 0 Å². The fourth-order valence-corrected chi connectivity index (χ4v) is 3.24. The topological polar surface area (TPSA) is 67.9 Å². The maximum absolute atomic E-state index is 12.4. The molecule has 142 valence electrons. The third-order valence-corrected chi connectivity index (χ3v) is 4.65. The zero-order chi connectivity index (χ0) is 19.2. The maximum Gasteiger partial charge on any atom is 0.255 e. The predicted octanol–water partition coefficient (Wildman–Crippen LogP) is 3.48. The minimum Gasteiger partial charge on any atom is -0.497 e. The number of carbonyl (C=O) groups excluding carboxylic acids is 2. The molecule has 0 unspecified atom stereocenters. The molecule has 0 aliphatic carbocycles. The number of methoxy groups -OCH3 is 1. The summed E-state index contributed by atoms with van der Waals surface area (Å²) < 4.78 is 10.5. The smallest absolute Gasteiger partial charge is 0.255 e. The highest BCUT2D eigenvalue weighted by Gasteiger charge is 2.24. The van der Waals surface area contributed by atoms with Gasteiger partial charge in [-0.15, -0.1) is 0 Å². The maximum atomic E-state index is 12.4. The summed E-state index contributed by atoms with van der Waals surface area (Å²) in [4.78, 5) is 26.3. The molecule has 6 nitrogen and oxygen atoms in total. The van der Waals surface area contributed by atoms with E-state index in [1.807, 2.05) is 29.2 Å². The van der Waals surface area contributed by atoms with Crippen LogP contribution in [0.15, 0.2) is 48.5 Å². The number of anilines is 2. The molecule has 1 fully saturated rings. The molecular weight excluding hydrogens is 344 g/mol. The van der Waals surface area contributed by atoms with E-state index in [2.05, 4.69) is 5.32 Å². The number of carbonyl (C=O) groups is 2. The fraction of sp³-hybridized carbons (Fsp3) is 0.333. The van der Waals surface area contributed by atoms with Crippen molar-refractivity contribution < 1.29 is 19.1 Å². The van der Waals surface area contributed by atoms with Gasteiger partial charge in [-0.25, -0.2) is 0 Å². The molecule has 0 bridgehead atoms. The molecule has 0 saturated carbocycles. The standard InChI is InChI=1S/C21H24N2O4/c1-15(24)23(19-11-13-27-14-12-19)18-7-5-17(6-8-18)22-21(25)16-3-9-20(26-2)10-4-16/h3-10,19H,11-14H2,1-2H3,(H,22,25). The number of hydrogen-bond donors (Lipinski definition) is 1. The SMILES string of the molecule is COc1ccc(C(=O)Nc2ccc(N(C(C)=O)C3CCOCC3)cc2)cc1. The van der Waals surface area contributed by atoms with Crippen molar-refractivity contribution in [2.24, 2.45) is 0 Å². The molecule has 1 aliphatic heterocycles. The van der Waals surface area contributed by atoms with E-state index < -0.39 is 0 Å². The fourth-order valence-electron chi connectivity index (χ4n) is 3.24. The van der Waals surface area contributed by atoms with E-state index in [4.69, 9.17) is 9.47 Å². The third kappa shape index (κ3) is 4.65. The first kappa shape index (κ1) is 18.9. The van der Waals surface area contributed by atoms with Crippen LogP contribution in [0.4, 0.5) is 11.4 Å². The van der Waals surface area contributed by atoms with E-state index in [0.717, 1.165) is 18.5 Å². The van der Waals surface area contributed by atoms with Gasteiger partial charge in [-0.05, 0) is 61.4 Å². The molecule has 1 aliphatic rings. The number of hydrogen-bond acceptors (Lipinski definition) is 4. The average molecular weight is 368 g/mol. The molecule has 3 rings (SSSR count). The Morgan fingerprint density at radius 2 is 1.67 bits per heavy atom. The lowest BCUT2D eigenvalue weighted by atomic mass is 10.1. The number of amides is 2. The van der Waals surface area contributed by atoms with Crippen LogP contribution in [0, 0.1) is 0 Å². The number of rotatable bonds is 5. The van der Waals surface area contributed by atoms with Crippen LogP contribution in [-0.2, 0) is 9.53 Å². The summed E-state index contributed by atoms with van der Waals surface area (Å²) in [6, 6.07) is 14.4. The molecule has 27 heavy (non-hydrogen) atoms. The van der Waals surface area contributed by atoms with Gasteiger partial charge in [-0.3, -0.25) is 9.59 Å². The monoisotopic (exact) mass is 368 g/mol. The highest BCUT2D eigenvalue weighted by Crippen LogP contribution is 2.25. The van der Waals surface area contributed by atoms with Crippen LogP contribution < -0.4 is 15.0 Å². The van der Waals surface area contributed by atoms with Gasteiger partial charge in [0.15, 0.2) is 0 Å². The Labute approximate surface area is 159 Å². The van der Waals surface area contributed by atoms with E-state index in [1.165, 1.54) is 0 Å². The van der Waals surface area contributed by atoms with Gasteiger partial charge >= 0.3 is 0 Å². The Bertz CT molecular complexity index is 781. The summed E-state index contributed by atoms with van der Waals surface area (Å²) in [6.45, 7) is 2.92. The quantitative estimate of drug-likeness (QED) is 0.877. The molecule has 2 aromatic rings. The van der Waals surface area contributed by atoms with E-state index >= 15 is 0 Å². The van der Waals surface area contributed by atoms with Gasteiger partial charge in [0.05, 0.1) is 7.11 Å². The molecule has 1 heterocycles. The highest BCUT2D eigenvalue weighted by molar-refractivity contribution is 6.04. The van der Waals surface area contributed by atoms with Gasteiger partial charge in [0.2, 0.25) is 5.91 Å². The first-order chi connectivity index (χ1) is 13.1. The minimum absolute atomic E-state index is 0.0110. The van der Waals surface area contributed by atoms with Crippen LogP contribution in [0.2, 0.25) is 0 Å². The zero-order valence-corrected chi connectivity index (χ0v) is 15.6. The van der Waals surface area contributed by atoms with Gasteiger partial charge in [0, 0.05) is 43.1 Å². The van der Waals surface area contributed by atoms with Crippen LogP contribution in [0.5, 0.6) is 5.75 Å². The second-order valence-corrected chi connectivity index (χ2v) is 6.46. The van der Waals surface area contributed by atoms with Gasteiger partial charge in [-0.1, -0.05) is 0 Å². The van der Waals surface area contributed by atoms with E-state index in [9.17, 15) is 9.59 Å². The van der Waals surface area contributed by atoms with Crippen molar-refractivity contribution >= 4 is 23.2 Å². The van der Waals surface area contributed by atoms with E-state index in [1.54, 1.807) is 38.3 Å². The normalized spacial score (nSPS) is 14.4. The molecule has 6 heteroatoms. The average Bonchev–Trinajstić information content (AvgIpc) is 2.70. The van der Waals surface area contributed by atoms with Crippen molar-refractivity contribution in [1.29, 1.82) is 0 Å². The zero-order valence-electron chi connectivity index (χ0n) is 15.6. The van der Waals surface area contributed by atoms with Gasteiger partial charge in [-0.2, -0.15) is 0 Å². The number of benzene rings is 2. The number of nitrogens with zero attached hydrogens (tertiary/aromatic N) is 1. The third-order valence-electron chi connectivity index (χ3n) is 4.65. The highest BCUT2D eigenvalue weighted by atomic mass is 16.5. The van der Waals surface area contributed by atoms with Crippen molar-refractivity contribution in [3.8, 4) is 5.75 Å². The number of ether oxygens (including phenoxy) is 2. The number of nitrogens with one attached hydrogen (secondary N) is 1. The Morgan fingerprint density at radius 1 is 1.04 bits per heavy atom. The molecular formula is C21H24N2O4. The van der Waals surface area contributed by atoms with Crippen molar-refractivity contribution in [3.63, 3.8) is 0 Å². The molecule has 0 radical (unpaired) electrons. The lowest BCUT2D eigenvalue weighted by molar-refractivity contribution is -0.117. The molecule has 1 saturated heterocycles. The Hall–Kier alpha value is -2.86. The van der Waals surface area contributed by atoms with Crippen molar-refractivity contribution in [2.45, 2.75) is 25.8 Å². The Kier molecular flexibility index (Phi) is 6.08. The van der Waals surface area contributed by atoms with Crippen LogP contribution in [0.25, 0.3) is 0 Å². The lowest BCUT2D eigenvalue weighted by Gasteiger charge is -2.33. The van der Waals surface area contributed by atoms with Gasteiger partial charge in [0.25, 0.3) is 5.91 Å². The van der Waals surface area contributed by atoms with Crippen molar-refractivity contribution in [1.82, 2.24) is 0 Å². The molecule has 2 amide bonds. The summed E-state index contributed by atoms with van der Waals surface area (Å²) in [5.74, 6) is 0.517. The first-order valence-electron chi connectivity index (χ1n) is 9.01. The first-order valence-corrected chi connectivity index (χ1v) is 9.01. The Morgan fingerprint density at radius 3 is 2.22 bits per heavy atom. The minimum atomic E-state index is -0.196. The molecule has 0 atom stereocenters. The molecule has 1 N–H and O–H groups in total. The van der Waals surface area contributed by atoms with Gasteiger partial charge in [0.1, 0.15) is 5.75 Å². The van der Waals surface area contributed by atoms with Crippen LogP contribution in [0.1, 0.15) is 30.1 Å². The molecule has 0 aromatic heterocycles. The molecule has 0 spiro atoms. The van der Waals surface area contributed by atoms with E-state index in [-0.39, 0.29) is 17.9 Å². The summed E-state index contributed by atoms with van der Waals surface area (Å²) in [7, 11) is 1.58. The predicted molar refractivity (Wildman–Crippen MR) is 104 cm³/mol. The van der Waals surface area contributed by atoms with Crippen molar-refractivity contribution in [2.75, 3.05) is 30.5 Å². The summed E-state index contributed by atoms with van der Waals surface area (Å²) in [5, 5.41) is 2.87. The van der Waals surface area contributed by atoms with Gasteiger partial charge < -0.3 is 19.7 Å². The molecule has 2 aromatic carbocycles. The summed E-state index contributed by atoms with van der Waals surface area (Å²) in [6.07, 6.45) is 1.66. The van der Waals surface area contributed by atoms with Crippen molar-refractivity contribution in [3.05, 3.63) is 54.1 Å². The second kappa shape index (κ2) is 8.68. The summed E-state index contributed by atoms with van der Waals surface area (Å²) >= 11 is 0. The largest absolute Gasteiger partial charge is 0.497 e. The second-order valence-electron chi connectivity index (χ2n) is 6.46. The lowest BCUT2D eigenvalue weighted by Crippen LogP contribution is -2.42. The summed E-state index contributed by atoms with van der Waals surface area (Å²) in [5.41, 5.74) is 2.05. The van der Waals surface area contributed by atoms with Crippen LogP contribution in [-0.4, -0.2) is 38.2 Å². The van der Waals surface area contributed by atoms with Crippen LogP contribution >= 0.6 is 0 Å². The Balaban J connectivity index is 1.69. The van der Waals surface area contributed by atoms with E-state index in [0.29, 0.717) is 30.2 Å².